The highest BCUT2D eigenvalue weighted by Crippen LogP contribution is 2.35. The summed E-state index contributed by atoms with van der Waals surface area (Å²) in [5.74, 6) is 1.59. The van der Waals surface area contributed by atoms with E-state index in [1.54, 1.807) is 12.1 Å². The van der Waals surface area contributed by atoms with Crippen molar-refractivity contribution >= 4 is 5.97 Å². The average Bonchev–Trinajstić information content (AvgIpc) is 2.49. The Morgan fingerprint density at radius 2 is 2.04 bits per heavy atom. The standard InChI is InChI=1S/C20H30O4/c1-13(2)17-10-7-14(3)11-19(17)24-20(23)6-4-5-15-8-9-16(21)12-18(15)22/h8-9,12-14,17,19,21-22H,4-7,10-11H2,1-3H3. The van der Waals surface area contributed by atoms with E-state index in [-0.39, 0.29) is 23.6 Å². The number of aromatic hydroxyl groups is 2. The number of phenolic OH excluding ortho intramolecular Hbond substituents is 2. The summed E-state index contributed by atoms with van der Waals surface area (Å²) in [4.78, 5) is 12.2. The van der Waals surface area contributed by atoms with Crippen molar-refractivity contribution in [3.8, 4) is 11.5 Å². The van der Waals surface area contributed by atoms with Crippen LogP contribution in [0.1, 0.15) is 58.4 Å². The smallest absolute Gasteiger partial charge is 0.306 e. The maximum absolute atomic E-state index is 12.2. The number of carbonyl (C=O) groups excluding carboxylic acids is 1. The summed E-state index contributed by atoms with van der Waals surface area (Å²) in [6.45, 7) is 6.63. The molecule has 4 nitrogen and oxygen atoms in total. The molecule has 1 aliphatic carbocycles. The quantitative estimate of drug-likeness (QED) is 0.756. The molecule has 0 saturated heterocycles. The van der Waals surface area contributed by atoms with Crippen molar-refractivity contribution in [1.29, 1.82) is 0 Å². The molecule has 0 aromatic heterocycles. The van der Waals surface area contributed by atoms with Crippen LogP contribution in [0.4, 0.5) is 0 Å². The van der Waals surface area contributed by atoms with Gasteiger partial charge in [-0.15, -0.1) is 0 Å². The van der Waals surface area contributed by atoms with Gasteiger partial charge in [-0.1, -0.05) is 33.3 Å². The molecule has 1 fully saturated rings. The van der Waals surface area contributed by atoms with Crippen molar-refractivity contribution < 1.29 is 19.7 Å². The van der Waals surface area contributed by atoms with E-state index in [9.17, 15) is 15.0 Å². The Kier molecular flexibility index (Phi) is 6.52. The average molecular weight is 334 g/mol. The summed E-state index contributed by atoms with van der Waals surface area (Å²) < 4.78 is 5.78. The molecule has 0 bridgehead atoms. The van der Waals surface area contributed by atoms with Gasteiger partial charge in [0.1, 0.15) is 17.6 Å². The number of phenols is 2. The molecule has 0 spiro atoms. The van der Waals surface area contributed by atoms with Gasteiger partial charge in [0.2, 0.25) is 0 Å². The minimum absolute atomic E-state index is 0.0433. The van der Waals surface area contributed by atoms with Crippen molar-refractivity contribution in [1.82, 2.24) is 0 Å². The van der Waals surface area contributed by atoms with Gasteiger partial charge in [0, 0.05) is 12.5 Å². The third-order valence-electron chi connectivity index (χ3n) is 5.14. The van der Waals surface area contributed by atoms with Crippen LogP contribution >= 0.6 is 0 Å². The molecular formula is C20H30O4. The number of hydrogen-bond acceptors (Lipinski definition) is 4. The first-order chi connectivity index (χ1) is 11.4. The molecule has 0 radical (unpaired) electrons. The van der Waals surface area contributed by atoms with Crippen molar-refractivity contribution in [2.24, 2.45) is 17.8 Å². The van der Waals surface area contributed by atoms with Gasteiger partial charge in [0.15, 0.2) is 0 Å². The van der Waals surface area contributed by atoms with Gasteiger partial charge in [0.25, 0.3) is 0 Å². The topological polar surface area (TPSA) is 66.8 Å². The molecule has 4 heteroatoms. The zero-order valence-electron chi connectivity index (χ0n) is 15.0. The van der Waals surface area contributed by atoms with E-state index in [0.29, 0.717) is 37.0 Å². The second kappa shape index (κ2) is 8.41. The van der Waals surface area contributed by atoms with Gasteiger partial charge in [-0.2, -0.15) is 0 Å². The van der Waals surface area contributed by atoms with Gasteiger partial charge in [0.05, 0.1) is 0 Å². The van der Waals surface area contributed by atoms with Crippen LogP contribution in [0.25, 0.3) is 0 Å². The summed E-state index contributed by atoms with van der Waals surface area (Å²) in [5, 5.41) is 19.1. The Morgan fingerprint density at radius 1 is 1.29 bits per heavy atom. The summed E-state index contributed by atoms with van der Waals surface area (Å²) in [6.07, 6.45) is 4.95. The maximum atomic E-state index is 12.2. The van der Waals surface area contributed by atoms with Crippen LogP contribution in [-0.4, -0.2) is 22.3 Å². The predicted octanol–water partition coefficient (Wildman–Crippen LogP) is 4.42. The third-order valence-corrected chi connectivity index (χ3v) is 5.14. The molecule has 3 atom stereocenters. The number of hydrogen-bond donors (Lipinski definition) is 2. The van der Waals surface area contributed by atoms with Gasteiger partial charge < -0.3 is 14.9 Å². The van der Waals surface area contributed by atoms with Crippen molar-refractivity contribution in [3.63, 3.8) is 0 Å². The predicted molar refractivity (Wildman–Crippen MR) is 93.9 cm³/mol. The summed E-state index contributed by atoms with van der Waals surface area (Å²) >= 11 is 0. The zero-order chi connectivity index (χ0) is 17.7. The molecule has 2 rings (SSSR count). The number of benzene rings is 1. The number of aryl methyl sites for hydroxylation is 1. The Bertz CT molecular complexity index is 553. The molecule has 1 aliphatic rings. The lowest BCUT2D eigenvalue weighted by molar-refractivity contribution is -0.156. The van der Waals surface area contributed by atoms with Crippen molar-refractivity contribution in [2.45, 2.75) is 65.4 Å². The van der Waals surface area contributed by atoms with E-state index >= 15 is 0 Å². The van der Waals surface area contributed by atoms with E-state index in [1.165, 1.54) is 12.5 Å². The molecular weight excluding hydrogens is 304 g/mol. The summed E-state index contributed by atoms with van der Waals surface area (Å²) in [5.41, 5.74) is 0.743. The fourth-order valence-electron chi connectivity index (χ4n) is 3.66. The highest BCUT2D eigenvalue weighted by Gasteiger charge is 2.33. The lowest BCUT2D eigenvalue weighted by atomic mass is 9.75. The van der Waals surface area contributed by atoms with Crippen LogP contribution in [0, 0.1) is 17.8 Å². The number of carbonyl (C=O) groups is 1. The van der Waals surface area contributed by atoms with Crippen molar-refractivity contribution in [3.05, 3.63) is 23.8 Å². The van der Waals surface area contributed by atoms with Crippen LogP contribution in [0.5, 0.6) is 11.5 Å². The van der Waals surface area contributed by atoms with E-state index < -0.39 is 0 Å². The first kappa shape index (κ1) is 18.6. The monoisotopic (exact) mass is 334 g/mol. The zero-order valence-corrected chi connectivity index (χ0v) is 15.0. The Labute approximate surface area is 144 Å². The summed E-state index contributed by atoms with van der Waals surface area (Å²) in [6, 6.07) is 4.56. The molecule has 134 valence electrons. The first-order valence-electron chi connectivity index (χ1n) is 9.07. The highest BCUT2D eigenvalue weighted by atomic mass is 16.5. The van der Waals surface area contributed by atoms with Gasteiger partial charge in [-0.05, 0) is 55.1 Å². The number of rotatable bonds is 6. The lowest BCUT2D eigenvalue weighted by Crippen LogP contribution is -2.35. The highest BCUT2D eigenvalue weighted by molar-refractivity contribution is 5.69. The molecule has 24 heavy (non-hydrogen) atoms. The van der Waals surface area contributed by atoms with Crippen LogP contribution in [0.2, 0.25) is 0 Å². The molecule has 2 N–H and O–H groups in total. The number of ether oxygens (including phenoxy) is 1. The molecule has 0 amide bonds. The lowest BCUT2D eigenvalue weighted by Gasteiger charge is -2.36. The van der Waals surface area contributed by atoms with Crippen molar-refractivity contribution in [2.75, 3.05) is 0 Å². The number of esters is 1. The van der Waals surface area contributed by atoms with Crippen LogP contribution in [-0.2, 0) is 16.0 Å². The molecule has 1 aromatic carbocycles. The second-order valence-corrected chi connectivity index (χ2v) is 7.52. The largest absolute Gasteiger partial charge is 0.508 e. The Hall–Kier alpha value is -1.71. The van der Waals surface area contributed by atoms with E-state index in [4.69, 9.17) is 4.74 Å². The minimum Gasteiger partial charge on any atom is -0.508 e. The van der Waals surface area contributed by atoms with E-state index in [2.05, 4.69) is 20.8 Å². The fourth-order valence-corrected chi connectivity index (χ4v) is 3.66. The van der Waals surface area contributed by atoms with Gasteiger partial charge >= 0.3 is 5.97 Å². The molecule has 1 saturated carbocycles. The fraction of sp³-hybridized carbons (Fsp3) is 0.650. The molecule has 3 unspecified atom stereocenters. The second-order valence-electron chi connectivity index (χ2n) is 7.52. The Balaban J connectivity index is 1.81. The van der Waals surface area contributed by atoms with Gasteiger partial charge in [-0.3, -0.25) is 4.79 Å². The van der Waals surface area contributed by atoms with Crippen LogP contribution in [0.15, 0.2) is 18.2 Å². The third kappa shape index (κ3) is 5.15. The SMILES string of the molecule is CC1CCC(C(C)C)C(OC(=O)CCCc2ccc(O)cc2O)C1. The normalized spacial score (nSPS) is 24.1. The maximum Gasteiger partial charge on any atom is 0.306 e. The van der Waals surface area contributed by atoms with E-state index in [1.807, 2.05) is 0 Å². The van der Waals surface area contributed by atoms with Crippen LogP contribution < -0.4 is 0 Å². The van der Waals surface area contributed by atoms with Gasteiger partial charge in [-0.25, -0.2) is 0 Å². The summed E-state index contributed by atoms with van der Waals surface area (Å²) in [7, 11) is 0. The Morgan fingerprint density at radius 3 is 2.71 bits per heavy atom. The minimum atomic E-state index is -0.141. The first-order valence-corrected chi connectivity index (χ1v) is 9.07. The molecule has 1 aromatic rings. The van der Waals surface area contributed by atoms with Crippen LogP contribution in [0.3, 0.4) is 0 Å². The molecule has 0 aliphatic heterocycles. The van der Waals surface area contributed by atoms with E-state index in [0.717, 1.165) is 18.4 Å². The molecule has 0 heterocycles.